The summed E-state index contributed by atoms with van der Waals surface area (Å²) >= 11 is 5.02. The standard InChI is InChI=1S/C12H17N3S/c1-8-6-10(12(13)16)7-11(14-8)15-5-3-4-9(15)2/h6-7,9H,3-5H2,1-2H3,(H2,13,16). The molecule has 3 nitrogen and oxygen atoms in total. The van der Waals surface area contributed by atoms with Crippen molar-refractivity contribution in [2.45, 2.75) is 32.7 Å². The van der Waals surface area contributed by atoms with Crippen LogP contribution in [0, 0.1) is 6.92 Å². The SMILES string of the molecule is Cc1cc(C(N)=S)cc(N2CCCC2C)n1. The predicted molar refractivity (Wildman–Crippen MR) is 70.9 cm³/mol. The highest BCUT2D eigenvalue weighted by Gasteiger charge is 2.22. The molecule has 1 atom stereocenters. The molecule has 0 aliphatic carbocycles. The Balaban J connectivity index is 2.37. The van der Waals surface area contributed by atoms with Gasteiger partial charge in [0.15, 0.2) is 0 Å². The molecule has 16 heavy (non-hydrogen) atoms. The van der Waals surface area contributed by atoms with E-state index in [-0.39, 0.29) is 0 Å². The molecule has 1 unspecified atom stereocenters. The van der Waals surface area contributed by atoms with E-state index >= 15 is 0 Å². The van der Waals surface area contributed by atoms with Crippen molar-refractivity contribution >= 4 is 23.0 Å². The lowest BCUT2D eigenvalue weighted by atomic mass is 10.2. The van der Waals surface area contributed by atoms with Gasteiger partial charge in [-0.3, -0.25) is 0 Å². The van der Waals surface area contributed by atoms with E-state index in [0.717, 1.165) is 23.6 Å². The van der Waals surface area contributed by atoms with E-state index in [1.165, 1.54) is 12.8 Å². The molecule has 0 radical (unpaired) electrons. The Morgan fingerprint density at radius 2 is 2.31 bits per heavy atom. The van der Waals surface area contributed by atoms with Crippen LogP contribution in [-0.2, 0) is 0 Å². The van der Waals surface area contributed by atoms with E-state index in [4.69, 9.17) is 18.0 Å². The molecule has 1 fully saturated rings. The minimum absolute atomic E-state index is 0.443. The molecule has 0 saturated carbocycles. The number of thiocarbonyl (C=S) groups is 1. The Labute approximate surface area is 102 Å². The van der Waals surface area contributed by atoms with Gasteiger partial charge in [0.1, 0.15) is 10.8 Å². The van der Waals surface area contributed by atoms with E-state index in [2.05, 4.69) is 16.8 Å². The van der Waals surface area contributed by atoms with Crippen LogP contribution in [0.2, 0.25) is 0 Å². The van der Waals surface area contributed by atoms with Gasteiger partial charge < -0.3 is 10.6 Å². The fraction of sp³-hybridized carbons (Fsp3) is 0.500. The average molecular weight is 235 g/mol. The number of rotatable bonds is 2. The fourth-order valence-corrected chi connectivity index (χ4v) is 2.33. The van der Waals surface area contributed by atoms with Crippen LogP contribution < -0.4 is 10.6 Å². The molecule has 1 aliphatic rings. The first-order chi connectivity index (χ1) is 7.58. The Hall–Kier alpha value is -1.16. The minimum Gasteiger partial charge on any atom is -0.389 e. The summed E-state index contributed by atoms with van der Waals surface area (Å²) < 4.78 is 0. The summed E-state index contributed by atoms with van der Waals surface area (Å²) in [6, 6.07) is 4.50. The third-order valence-corrected chi connectivity index (χ3v) is 3.31. The molecular formula is C12H17N3S. The molecule has 1 saturated heterocycles. The fourth-order valence-electron chi connectivity index (χ4n) is 2.21. The molecule has 0 aromatic carbocycles. The van der Waals surface area contributed by atoms with Crippen LogP contribution in [0.1, 0.15) is 31.0 Å². The second-order valence-corrected chi connectivity index (χ2v) is 4.84. The van der Waals surface area contributed by atoms with Gasteiger partial charge in [-0.1, -0.05) is 12.2 Å². The Morgan fingerprint density at radius 3 is 2.88 bits per heavy atom. The van der Waals surface area contributed by atoms with Gasteiger partial charge in [-0.25, -0.2) is 4.98 Å². The Bertz CT molecular complexity index is 417. The molecule has 1 aromatic rings. The van der Waals surface area contributed by atoms with Crippen LogP contribution in [0.15, 0.2) is 12.1 Å². The highest BCUT2D eigenvalue weighted by molar-refractivity contribution is 7.80. The second-order valence-electron chi connectivity index (χ2n) is 4.40. The van der Waals surface area contributed by atoms with E-state index in [1.54, 1.807) is 0 Å². The summed E-state index contributed by atoms with van der Waals surface area (Å²) in [4.78, 5) is 7.33. The molecular weight excluding hydrogens is 218 g/mol. The van der Waals surface area contributed by atoms with Crippen LogP contribution in [-0.4, -0.2) is 22.6 Å². The largest absolute Gasteiger partial charge is 0.389 e. The zero-order valence-electron chi connectivity index (χ0n) is 9.73. The van der Waals surface area contributed by atoms with Gasteiger partial charge in [-0.15, -0.1) is 0 Å². The number of nitrogens with zero attached hydrogens (tertiary/aromatic N) is 2. The Kier molecular flexibility index (Phi) is 3.10. The van der Waals surface area contributed by atoms with Crippen molar-refractivity contribution in [1.82, 2.24) is 4.98 Å². The number of nitrogens with two attached hydrogens (primary N) is 1. The van der Waals surface area contributed by atoms with Crippen LogP contribution >= 0.6 is 12.2 Å². The number of hydrogen-bond acceptors (Lipinski definition) is 3. The molecule has 4 heteroatoms. The van der Waals surface area contributed by atoms with E-state index in [1.807, 2.05) is 19.1 Å². The van der Waals surface area contributed by atoms with Crippen molar-refractivity contribution in [3.8, 4) is 0 Å². The highest BCUT2D eigenvalue weighted by Crippen LogP contribution is 2.24. The van der Waals surface area contributed by atoms with Crippen molar-refractivity contribution < 1.29 is 0 Å². The number of aryl methyl sites for hydroxylation is 1. The summed E-state index contributed by atoms with van der Waals surface area (Å²) in [5.41, 5.74) is 7.56. The smallest absolute Gasteiger partial charge is 0.129 e. The zero-order chi connectivity index (χ0) is 11.7. The highest BCUT2D eigenvalue weighted by atomic mass is 32.1. The van der Waals surface area contributed by atoms with Gasteiger partial charge in [-0.2, -0.15) is 0 Å². The second kappa shape index (κ2) is 4.37. The summed E-state index contributed by atoms with van der Waals surface area (Å²) in [5.74, 6) is 1.01. The van der Waals surface area contributed by atoms with Crippen molar-refractivity contribution in [3.63, 3.8) is 0 Å². The number of aromatic nitrogens is 1. The van der Waals surface area contributed by atoms with Crippen molar-refractivity contribution in [2.75, 3.05) is 11.4 Å². The van der Waals surface area contributed by atoms with Crippen molar-refractivity contribution in [3.05, 3.63) is 23.4 Å². The minimum atomic E-state index is 0.443. The third kappa shape index (κ3) is 2.16. The lowest BCUT2D eigenvalue weighted by Crippen LogP contribution is -2.27. The van der Waals surface area contributed by atoms with Gasteiger partial charge in [-0.05, 0) is 38.8 Å². The van der Waals surface area contributed by atoms with E-state index in [0.29, 0.717) is 11.0 Å². The lowest BCUT2D eigenvalue weighted by molar-refractivity contribution is 0.726. The summed E-state index contributed by atoms with van der Waals surface area (Å²) in [6.07, 6.45) is 2.47. The maximum atomic E-state index is 5.67. The first-order valence-corrected chi connectivity index (χ1v) is 6.04. The number of anilines is 1. The first-order valence-electron chi connectivity index (χ1n) is 5.63. The van der Waals surface area contributed by atoms with Crippen LogP contribution in [0.4, 0.5) is 5.82 Å². The zero-order valence-corrected chi connectivity index (χ0v) is 10.5. The van der Waals surface area contributed by atoms with Gasteiger partial charge in [0, 0.05) is 23.8 Å². The van der Waals surface area contributed by atoms with Crippen molar-refractivity contribution in [2.24, 2.45) is 5.73 Å². The van der Waals surface area contributed by atoms with Gasteiger partial charge in [0.05, 0.1) is 0 Å². The van der Waals surface area contributed by atoms with E-state index in [9.17, 15) is 0 Å². The van der Waals surface area contributed by atoms with Crippen molar-refractivity contribution in [1.29, 1.82) is 0 Å². The molecule has 86 valence electrons. The molecule has 0 bridgehead atoms. The average Bonchev–Trinajstić information content (AvgIpc) is 2.63. The molecule has 1 aromatic heterocycles. The summed E-state index contributed by atoms with van der Waals surface area (Å²) in [5, 5.41) is 0. The maximum Gasteiger partial charge on any atom is 0.129 e. The topological polar surface area (TPSA) is 42.1 Å². The summed E-state index contributed by atoms with van der Waals surface area (Å²) in [7, 11) is 0. The molecule has 2 heterocycles. The van der Waals surface area contributed by atoms with Crippen LogP contribution in [0.25, 0.3) is 0 Å². The molecule has 2 rings (SSSR count). The van der Waals surface area contributed by atoms with Crippen LogP contribution in [0.3, 0.4) is 0 Å². The molecule has 1 aliphatic heterocycles. The first kappa shape index (κ1) is 11.3. The maximum absolute atomic E-state index is 5.67. The van der Waals surface area contributed by atoms with Gasteiger partial charge >= 0.3 is 0 Å². The Morgan fingerprint density at radius 1 is 1.56 bits per heavy atom. The number of pyridine rings is 1. The van der Waals surface area contributed by atoms with E-state index < -0.39 is 0 Å². The third-order valence-electron chi connectivity index (χ3n) is 3.07. The molecule has 0 spiro atoms. The normalized spacial score (nSPS) is 20.1. The lowest BCUT2D eigenvalue weighted by Gasteiger charge is -2.23. The molecule has 2 N–H and O–H groups in total. The monoisotopic (exact) mass is 235 g/mol. The predicted octanol–water partition coefficient (Wildman–Crippen LogP) is 2.01. The number of hydrogen-bond donors (Lipinski definition) is 1. The quantitative estimate of drug-likeness (QED) is 0.796. The van der Waals surface area contributed by atoms with Gasteiger partial charge in [0.25, 0.3) is 0 Å². The van der Waals surface area contributed by atoms with Crippen LogP contribution in [0.5, 0.6) is 0 Å². The molecule has 0 amide bonds. The summed E-state index contributed by atoms with van der Waals surface area (Å²) in [6.45, 7) is 5.29. The van der Waals surface area contributed by atoms with Gasteiger partial charge in [0.2, 0.25) is 0 Å².